The Morgan fingerprint density at radius 3 is 2.75 bits per heavy atom. The van der Waals surface area contributed by atoms with E-state index in [4.69, 9.17) is 4.42 Å². The average molecular weight is 286 g/mol. The van der Waals surface area contributed by atoms with Crippen LogP contribution in [-0.2, 0) is 6.54 Å². The van der Waals surface area contributed by atoms with Crippen molar-refractivity contribution in [2.45, 2.75) is 45.7 Å². The third kappa shape index (κ3) is 3.11. The second-order valence-corrected chi connectivity index (χ2v) is 5.83. The lowest BCUT2D eigenvalue weighted by atomic mass is 9.79. The summed E-state index contributed by atoms with van der Waals surface area (Å²) in [4.78, 5) is 0. The zero-order valence-corrected chi connectivity index (χ0v) is 11.6. The van der Waals surface area contributed by atoms with Crippen LogP contribution < -0.4 is 5.32 Å². The van der Waals surface area contributed by atoms with Gasteiger partial charge in [0.15, 0.2) is 4.67 Å². The van der Waals surface area contributed by atoms with Gasteiger partial charge in [-0.2, -0.15) is 0 Å². The number of hydrogen-bond donors (Lipinski definition) is 1. The van der Waals surface area contributed by atoms with Crippen LogP contribution in [-0.4, -0.2) is 6.04 Å². The summed E-state index contributed by atoms with van der Waals surface area (Å²) in [5.74, 6) is 2.74. The quantitative estimate of drug-likeness (QED) is 0.910. The first-order valence-corrected chi connectivity index (χ1v) is 6.92. The maximum Gasteiger partial charge on any atom is 0.169 e. The van der Waals surface area contributed by atoms with Gasteiger partial charge in [-0.25, -0.2) is 0 Å². The summed E-state index contributed by atoms with van der Waals surface area (Å²) in [5.41, 5.74) is 0. The summed E-state index contributed by atoms with van der Waals surface area (Å²) in [7, 11) is 0. The van der Waals surface area contributed by atoms with Crippen LogP contribution in [0.25, 0.3) is 0 Å². The van der Waals surface area contributed by atoms with Gasteiger partial charge >= 0.3 is 0 Å². The number of nitrogens with one attached hydrogen (secondary N) is 1. The fraction of sp³-hybridized carbons (Fsp3) is 0.692. The van der Waals surface area contributed by atoms with Crippen LogP contribution in [0.1, 0.15) is 38.9 Å². The van der Waals surface area contributed by atoms with Crippen LogP contribution >= 0.6 is 15.9 Å². The molecule has 3 atom stereocenters. The number of furan rings is 1. The summed E-state index contributed by atoms with van der Waals surface area (Å²) in [6.07, 6.45) is 3.94. The molecule has 90 valence electrons. The van der Waals surface area contributed by atoms with Crippen LogP contribution in [0.3, 0.4) is 0 Å². The number of halogens is 1. The largest absolute Gasteiger partial charge is 0.453 e. The van der Waals surface area contributed by atoms with Crippen LogP contribution in [0, 0.1) is 11.8 Å². The molecule has 1 aromatic heterocycles. The normalized spacial score (nSPS) is 30.6. The second kappa shape index (κ2) is 5.37. The van der Waals surface area contributed by atoms with Crippen molar-refractivity contribution in [3.63, 3.8) is 0 Å². The molecular formula is C13H20BrNO. The Morgan fingerprint density at radius 2 is 2.12 bits per heavy atom. The van der Waals surface area contributed by atoms with Crippen molar-refractivity contribution in [1.82, 2.24) is 5.32 Å². The molecule has 16 heavy (non-hydrogen) atoms. The summed E-state index contributed by atoms with van der Waals surface area (Å²) in [5, 5.41) is 3.59. The SMILES string of the molecule is CC1CCC(NCc2ccc(Br)o2)CC1C. The summed E-state index contributed by atoms with van der Waals surface area (Å²) >= 11 is 3.32. The van der Waals surface area contributed by atoms with Crippen molar-refractivity contribution >= 4 is 15.9 Å². The summed E-state index contributed by atoms with van der Waals surface area (Å²) < 4.78 is 6.29. The maximum absolute atomic E-state index is 5.48. The second-order valence-electron chi connectivity index (χ2n) is 5.05. The van der Waals surface area contributed by atoms with Gasteiger partial charge in [0.2, 0.25) is 0 Å². The highest BCUT2D eigenvalue weighted by atomic mass is 79.9. The third-order valence-corrected chi connectivity index (χ3v) is 4.22. The maximum atomic E-state index is 5.48. The lowest BCUT2D eigenvalue weighted by Gasteiger charge is -2.32. The molecule has 1 fully saturated rings. The fourth-order valence-corrected chi connectivity index (χ4v) is 2.76. The van der Waals surface area contributed by atoms with Gasteiger partial charge in [-0.05, 0) is 59.2 Å². The molecule has 0 radical (unpaired) electrons. The molecule has 1 aliphatic carbocycles. The number of hydrogen-bond acceptors (Lipinski definition) is 2. The topological polar surface area (TPSA) is 25.2 Å². The Labute approximate surface area is 106 Å². The van der Waals surface area contributed by atoms with Crippen molar-refractivity contribution in [3.8, 4) is 0 Å². The van der Waals surface area contributed by atoms with E-state index in [2.05, 4.69) is 35.1 Å². The predicted molar refractivity (Wildman–Crippen MR) is 69.2 cm³/mol. The van der Waals surface area contributed by atoms with Crippen molar-refractivity contribution < 1.29 is 4.42 Å². The van der Waals surface area contributed by atoms with E-state index >= 15 is 0 Å². The molecule has 1 N–H and O–H groups in total. The Kier molecular flexibility index (Phi) is 4.09. The highest BCUT2D eigenvalue weighted by Gasteiger charge is 2.24. The molecule has 0 bridgehead atoms. The number of rotatable bonds is 3. The molecule has 3 unspecified atom stereocenters. The Hall–Kier alpha value is -0.280. The highest BCUT2D eigenvalue weighted by molar-refractivity contribution is 9.10. The minimum atomic E-state index is 0.662. The summed E-state index contributed by atoms with van der Waals surface area (Å²) in [6, 6.07) is 4.63. The lowest BCUT2D eigenvalue weighted by molar-refractivity contribution is 0.222. The van der Waals surface area contributed by atoms with Crippen molar-refractivity contribution in [1.29, 1.82) is 0 Å². The van der Waals surface area contributed by atoms with Gasteiger partial charge in [-0.15, -0.1) is 0 Å². The smallest absolute Gasteiger partial charge is 0.169 e. The van der Waals surface area contributed by atoms with Gasteiger partial charge in [0.1, 0.15) is 5.76 Å². The predicted octanol–water partition coefficient (Wildman–Crippen LogP) is 3.96. The first kappa shape index (κ1) is 12.2. The lowest BCUT2D eigenvalue weighted by Crippen LogP contribution is -2.35. The third-order valence-electron chi connectivity index (χ3n) is 3.79. The molecule has 3 heteroatoms. The standard InChI is InChI=1S/C13H20BrNO/c1-9-3-4-11(7-10(9)2)15-8-12-5-6-13(14)16-12/h5-6,9-11,15H,3-4,7-8H2,1-2H3. The fourth-order valence-electron chi connectivity index (χ4n) is 2.42. The highest BCUT2D eigenvalue weighted by Crippen LogP contribution is 2.29. The monoisotopic (exact) mass is 285 g/mol. The van der Waals surface area contributed by atoms with Gasteiger partial charge < -0.3 is 9.73 Å². The van der Waals surface area contributed by atoms with E-state index in [1.165, 1.54) is 19.3 Å². The molecule has 1 heterocycles. The Morgan fingerprint density at radius 1 is 1.31 bits per heavy atom. The first-order valence-electron chi connectivity index (χ1n) is 6.12. The van der Waals surface area contributed by atoms with Crippen LogP contribution in [0.2, 0.25) is 0 Å². The Balaban J connectivity index is 1.78. The Bertz CT molecular complexity index is 336. The molecular weight excluding hydrogens is 266 g/mol. The van der Waals surface area contributed by atoms with E-state index in [1.54, 1.807) is 0 Å². The van der Waals surface area contributed by atoms with E-state index in [0.29, 0.717) is 6.04 Å². The molecule has 1 aliphatic rings. The molecule has 0 aromatic carbocycles. The van der Waals surface area contributed by atoms with Crippen LogP contribution in [0.5, 0.6) is 0 Å². The van der Waals surface area contributed by atoms with E-state index < -0.39 is 0 Å². The summed E-state index contributed by atoms with van der Waals surface area (Å²) in [6.45, 7) is 5.57. The van der Waals surface area contributed by atoms with Crippen LogP contribution in [0.4, 0.5) is 0 Å². The van der Waals surface area contributed by atoms with E-state index in [-0.39, 0.29) is 0 Å². The van der Waals surface area contributed by atoms with Gasteiger partial charge in [-0.3, -0.25) is 0 Å². The minimum Gasteiger partial charge on any atom is -0.453 e. The van der Waals surface area contributed by atoms with Gasteiger partial charge in [-0.1, -0.05) is 13.8 Å². The van der Waals surface area contributed by atoms with Gasteiger partial charge in [0.05, 0.1) is 6.54 Å². The zero-order chi connectivity index (χ0) is 11.5. The van der Waals surface area contributed by atoms with Crippen molar-refractivity contribution in [3.05, 3.63) is 22.6 Å². The molecule has 1 saturated carbocycles. The van der Waals surface area contributed by atoms with Gasteiger partial charge in [0.25, 0.3) is 0 Å². The van der Waals surface area contributed by atoms with Crippen LogP contribution in [0.15, 0.2) is 21.2 Å². The molecule has 2 rings (SSSR count). The van der Waals surface area contributed by atoms with Crippen molar-refractivity contribution in [2.75, 3.05) is 0 Å². The molecule has 0 spiro atoms. The first-order chi connectivity index (χ1) is 7.65. The zero-order valence-electron chi connectivity index (χ0n) is 10.0. The molecule has 1 aromatic rings. The van der Waals surface area contributed by atoms with E-state index in [0.717, 1.165) is 28.8 Å². The molecule has 0 aliphatic heterocycles. The van der Waals surface area contributed by atoms with E-state index in [1.807, 2.05) is 12.1 Å². The molecule has 0 saturated heterocycles. The molecule has 0 amide bonds. The van der Waals surface area contributed by atoms with Gasteiger partial charge in [0, 0.05) is 6.04 Å². The van der Waals surface area contributed by atoms with E-state index in [9.17, 15) is 0 Å². The van der Waals surface area contributed by atoms with Crippen molar-refractivity contribution in [2.24, 2.45) is 11.8 Å². The minimum absolute atomic E-state index is 0.662. The molecule has 2 nitrogen and oxygen atoms in total. The average Bonchev–Trinajstić information content (AvgIpc) is 2.66.